The Labute approximate surface area is 150 Å². The lowest BCUT2D eigenvalue weighted by molar-refractivity contribution is 0.0770. The Morgan fingerprint density at radius 2 is 1.88 bits per heavy atom. The molecule has 5 N–H and O–H groups in total. The van der Waals surface area contributed by atoms with E-state index in [0.29, 0.717) is 30.3 Å². The number of hydrogen-bond donors (Lipinski definition) is 4. The minimum absolute atomic E-state index is 0.220. The standard InChI is InChI=1S/C17H19N7O2/c18-4-2-1-3-5-24-13-7-11(9-20)10(8-19)6-12(13)21-14-15(24)22-17(26)23-16(14)25/h6-7,16-17,23,25-26H,1-5,18H2. The first kappa shape index (κ1) is 18.0. The van der Waals surface area contributed by atoms with Crippen molar-refractivity contribution >= 4 is 22.9 Å². The lowest BCUT2D eigenvalue weighted by atomic mass is 10.0. The third-order valence-corrected chi connectivity index (χ3v) is 4.27. The Bertz CT molecular complexity index is 850. The van der Waals surface area contributed by atoms with Crippen LogP contribution < -0.4 is 16.0 Å². The topological polar surface area (TPSA) is 154 Å². The van der Waals surface area contributed by atoms with Crippen LogP contribution in [0.5, 0.6) is 0 Å². The highest BCUT2D eigenvalue weighted by molar-refractivity contribution is 6.49. The van der Waals surface area contributed by atoms with Gasteiger partial charge in [-0.1, -0.05) is 6.42 Å². The number of aliphatic hydroxyl groups excluding tert-OH is 2. The Kier molecular flexibility index (Phi) is 5.26. The smallest absolute Gasteiger partial charge is 0.206 e. The fourth-order valence-electron chi connectivity index (χ4n) is 3.01. The maximum Gasteiger partial charge on any atom is 0.206 e. The van der Waals surface area contributed by atoms with Gasteiger partial charge in [0.1, 0.15) is 17.9 Å². The third kappa shape index (κ3) is 3.29. The Balaban J connectivity index is 2.08. The zero-order valence-electron chi connectivity index (χ0n) is 14.1. The van der Waals surface area contributed by atoms with Crippen molar-refractivity contribution in [1.29, 1.82) is 10.5 Å². The van der Waals surface area contributed by atoms with E-state index in [2.05, 4.69) is 15.3 Å². The lowest BCUT2D eigenvalue weighted by Gasteiger charge is -2.36. The highest BCUT2D eigenvalue weighted by atomic mass is 16.3. The lowest BCUT2D eigenvalue weighted by Crippen LogP contribution is -2.56. The Morgan fingerprint density at radius 1 is 1.15 bits per heavy atom. The molecule has 9 heteroatoms. The predicted molar refractivity (Wildman–Crippen MR) is 95.8 cm³/mol. The van der Waals surface area contributed by atoms with Crippen molar-refractivity contribution in [2.45, 2.75) is 31.8 Å². The maximum absolute atomic E-state index is 10.2. The summed E-state index contributed by atoms with van der Waals surface area (Å²) >= 11 is 0. The van der Waals surface area contributed by atoms with Gasteiger partial charge in [-0.2, -0.15) is 10.5 Å². The number of nitrogens with one attached hydrogen (secondary N) is 1. The summed E-state index contributed by atoms with van der Waals surface area (Å²) in [5.74, 6) is 0.359. The first-order valence-corrected chi connectivity index (χ1v) is 8.34. The van der Waals surface area contributed by atoms with Crippen LogP contribution in [0.2, 0.25) is 0 Å². The van der Waals surface area contributed by atoms with Gasteiger partial charge in [0.25, 0.3) is 0 Å². The minimum atomic E-state index is -1.25. The van der Waals surface area contributed by atoms with Crippen LogP contribution >= 0.6 is 0 Å². The zero-order valence-corrected chi connectivity index (χ0v) is 14.1. The number of rotatable bonds is 5. The first-order chi connectivity index (χ1) is 12.6. The quantitative estimate of drug-likeness (QED) is 0.545. The van der Waals surface area contributed by atoms with Crippen molar-refractivity contribution in [2.75, 3.05) is 18.0 Å². The molecule has 2 aliphatic rings. The zero-order chi connectivity index (χ0) is 18.7. The number of unbranched alkanes of at least 4 members (excludes halogenated alkanes) is 2. The molecule has 0 aromatic heterocycles. The molecule has 0 fully saturated rings. The van der Waals surface area contributed by atoms with Gasteiger partial charge in [0, 0.05) is 6.54 Å². The molecule has 2 aliphatic heterocycles. The van der Waals surface area contributed by atoms with Gasteiger partial charge in [0.05, 0.1) is 22.5 Å². The van der Waals surface area contributed by atoms with E-state index in [0.717, 1.165) is 19.3 Å². The third-order valence-electron chi connectivity index (χ3n) is 4.27. The molecular weight excluding hydrogens is 334 g/mol. The molecule has 0 saturated heterocycles. The van der Waals surface area contributed by atoms with E-state index in [1.165, 1.54) is 6.07 Å². The van der Waals surface area contributed by atoms with Gasteiger partial charge >= 0.3 is 0 Å². The molecule has 0 amide bonds. The molecular formula is C17H19N7O2. The van der Waals surface area contributed by atoms with Crippen molar-refractivity contribution in [3.63, 3.8) is 0 Å². The summed E-state index contributed by atoms with van der Waals surface area (Å²) in [6, 6.07) is 7.13. The molecule has 0 radical (unpaired) electrons. The van der Waals surface area contributed by atoms with Crippen molar-refractivity contribution < 1.29 is 10.2 Å². The molecule has 0 spiro atoms. The van der Waals surface area contributed by atoms with E-state index in [1.807, 2.05) is 17.0 Å². The summed E-state index contributed by atoms with van der Waals surface area (Å²) in [6.45, 7) is 1.16. The van der Waals surface area contributed by atoms with Crippen LogP contribution in [0.25, 0.3) is 0 Å². The summed E-state index contributed by atoms with van der Waals surface area (Å²) < 4.78 is 0. The molecule has 26 heavy (non-hydrogen) atoms. The van der Waals surface area contributed by atoms with E-state index < -0.39 is 12.6 Å². The second-order valence-electron chi connectivity index (χ2n) is 6.00. The fourth-order valence-corrected chi connectivity index (χ4v) is 3.01. The predicted octanol–water partition coefficient (Wildman–Crippen LogP) is 0.0475. The van der Waals surface area contributed by atoms with Gasteiger partial charge < -0.3 is 20.8 Å². The van der Waals surface area contributed by atoms with Crippen LogP contribution in [0.3, 0.4) is 0 Å². The number of aliphatic hydroxyl groups is 2. The van der Waals surface area contributed by atoms with Crippen LogP contribution in [0, 0.1) is 22.7 Å². The van der Waals surface area contributed by atoms with E-state index in [9.17, 15) is 20.7 Å². The van der Waals surface area contributed by atoms with Crippen LogP contribution in [0.4, 0.5) is 11.4 Å². The van der Waals surface area contributed by atoms with Gasteiger partial charge in [-0.15, -0.1) is 0 Å². The number of nitrogens with zero attached hydrogens (tertiary/aromatic N) is 5. The van der Waals surface area contributed by atoms with Gasteiger partial charge in [0.15, 0.2) is 12.1 Å². The molecule has 0 aliphatic carbocycles. The van der Waals surface area contributed by atoms with Crippen LogP contribution in [0.1, 0.15) is 30.4 Å². The van der Waals surface area contributed by atoms with Crippen LogP contribution in [-0.2, 0) is 0 Å². The average Bonchev–Trinajstić information content (AvgIpc) is 2.64. The molecule has 2 heterocycles. The van der Waals surface area contributed by atoms with E-state index in [1.54, 1.807) is 6.07 Å². The number of hydrogen-bond acceptors (Lipinski definition) is 9. The Hall–Kier alpha value is -2.82. The fraction of sp³-hybridized carbons (Fsp3) is 0.412. The van der Waals surface area contributed by atoms with Crippen molar-refractivity contribution in [2.24, 2.45) is 15.7 Å². The molecule has 0 saturated carbocycles. The minimum Gasteiger partial charge on any atom is -0.372 e. The molecule has 1 aromatic rings. The number of anilines is 1. The number of amidine groups is 1. The summed E-state index contributed by atoms with van der Waals surface area (Å²) in [4.78, 5) is 10.4. The molecule has 134 valence electrons. The first-order valence-electron chi connectivity index (χ1n) is 8.34. The largest absolute Gasteiger partial charge is 0.372 e. The molecule has 3 rings (SSSR count). The second-order valence-corrected chi connectivity index (χ2v) is 6.00. The van der Waals surface area contributed by atoms with Crippen molar-refractivity contribution in [3.05, 3.63) is 23.3 Å². The number of fused-ring (bicyclic) bond motifs is 2. The van der Waals surface area contributed by atoms with Gasteiger partial charge in [-0.05, 0) is 31.5 Å². The molecule has 1 aromatic carbocycles. The highest BCUT2D eigenvalue weighted by Crippen LogP contribution is 2.37. The summed E-state index contributed by atoms with van der Waals surface area (Å²) in [6.07, 6.45) is 0.175. The SMILES string of the molecule is N#Cc1cc2c(cc1C#N)N(CCCCCN)C1=NC(O)NC(O)C1=N2. The van der Waals surface area contributed by atoms with Crippen molar-refractivity contribution in [3.8, 4) is 12.1 Å². The molecule has 2 unspecified atom stereocenters. The van der Waals surface area contributed by atoms with Gasteiger partial charge in [0.2, 0.25) is 6.35 Å². The van der Waals surface area contributed by atoms with E-state index in [4.69, 9.17) is 5.73 Å². The van der Waals surface area contributed by atoms with Crippen LogP contribution in [-0.4, -0.2) is 47.4 Å². The van der Waals surface area contributed by atoms with E-state index in [-0.39, 0.29) is 16.8 Å². The van der Waals surface area contributed by atoms with Crippen molar-refractivity contribution in [1.82, 2.24) is 5.32 Å². The van der Waals surface area contributed by atoms with E-state index >= 15 is 0 Å². The number of nitrogens with two attached hydrogens (primary N) is 1. The van der Waals surface area contributed by atoms with Crippen LogP contribution in [0.15, 0.2) is 22.1 Å². The molecule has 9 nitrogen and oxygen atoms in total. The molecule has 0 bridgehead atoms. The molecule has 2 atom stereocenters. The monoisotopic (exact) mass is 353 g/mol. The summed E-state index contributed by atoms with van der Waals surface area (Å²) in [5, 5.41) is 41.1. The normalized spacial score (nSPS) is 21.0. The average molecular weight is 353 g/mol. The summed E-state index contributed by atoms with van der Waals surface area (Å²) in [7, 11) is 0. The maximum atomic E-state index is 10.2. The second kappa shape index (κ2) is 7.60. The highest BCUT2D eigenvalue weighted by Gasteiger charge is 2.35. The number of nitriles is 2. The number of benzene rings is 1. The van der Waals surface area contributed by atoms with Gasteiger partial charge in [-0.25, -0.2) is 15.3 Å². The number of aliphatic imine (C=N–C) groups is 2. The van der Waals surface area contributed by atoms with Gasteiger partial charge in [-0.3, -0.25) is 0 Å². The summed E-state index contributed by atoms with van der Waals surface area (Å²) in [5.41, 5.74) is 7.38. The Morgan fingerprint density at radius 3 is 2.58 bits per heavy atom.